The molecule has 0 aliphatic carbocycles. The first kappa shape index (κ1) is 22.7. The Labute approximate surface area is 203 Å². The molecule has 0 radical (unpaired) electrons. The van der Waals surface area contributed by atoms with Gasteiger partial charge in [-0.1, -0.05) is 19.9 Å². The molecule has 0 unspecified atom stereocenters. The Morgan fingerprint density at radius 1 is 1.31 bits per heavy atom. The van der Waals surface area contributed by atoms with Crippen molar-refractivity contribution in [3.63, 3.8) is 0 Å². The number of benzene rings is 1. The standard InChI is InChI=1S/C23H22FIN4O2S/c1-23(2)10-15-18(20(30)27-11-14-5-3-4-8-26-14)22(32-19(15)21(31)28-12-23)29-17-7-6-13(25)9-16(17)24/h3-9,29H,10-12H2,1-2H3,(H,27,30)(H,28,31). The Morgan fingerprint density at radius 2 is 2.12 bits per heavy atom. The van der Waals surface area contributed by atoms with Gasteiger partial charge in [-0.25, -0.2) is 4.39 Å². The number of nitrogens with zero attached hydrogens (tertiary/aromatic N) is 1. The van der Waals surface area contributed by atoms with Crippen LogP contribution in [0.15, 0.2) is 42.6 Å². The second-order valence-corrected chi connectivity index (χ2v) is 10.7. The summed E-state index contributed by atoms with van der Waals surface area (Å²) in [4.78, 5) is 30.8. The maximum atomic E-state index is 14.5. The molecule has 2 aromatic heterocycles. The van der Waals surface area contributed by atoms with Gasteiger partial charge in [-0.05, 0) is 70.3 Å². The van der Waals surface area contributed by atoms with Crippen LogP contribution in [0.2, 0.25) is 0 Å². The molecule has 1 aliphatic heterocycles. The van der Waals surface area contributed by atoms with E-state index in [1.165, 1.54) is 17.4 Å². The minimum Gasteiger partial charge on any atom is -0.351 e. The molecule has 32 heavy (non-hydrogen) atoms. The van der Waals surface area contributed by atoms with Crippen LogP contribution in [0.1, 0.15) is 45.1 Å². The number of fused-ring (bicyclic) bond motifs is 1. The van der Waals surface area contributed by atoms with E-state index in [-0.39, 0.29) is 29.5 Å². The number of carbonyl (C=O) groups excluding carboxylic acids is 2. The van der Waals surface area contributed by atoms with Gasteiger partial charge in [0.25, 0.3) is 11.8 Å². The van der Waals surface area contributed by atoms with Crippen molar-refractivity contribution >= 4 is 56.4 Å². The first-order valence-corrected chi connectivity index (χ1v) is 12.0. The number of aromatic nitrogens is 1. The number of hydrogen-bond acceptors (Lipinski definition) is 5. The molecule has 3 aromatic rings. The van der Waals surface area contributed by atoms with E-state index in [1.807, 2.05) is 54.6 Å². The van der Waals surface area contributed by atoms with Crippen molar-refractivity contribution in [3.05, 3.63) is 73.7 Å². The SMILES string of the molecule is CC1(C)CNC(=O)c2sc(Nc3ccc(I)cc3F)c(C(=O)NCc3ccccn3)c2C1. The molecule has 3 N–H and O–H groups in total. The van der Waals surface area contributed by atoms with Gasteiger partial charge in [0.1, 0.15) is 10.8 Å². The Hall–Kier alpha value is -2.53. The third-order valence-electron chi connectivity index (χ3n) is 5.16. The molecule has 0 saturated heterocycles. The van der Waals surface area contributed by atoms with E-state index in [2.05, 4.69) is 20.9 Å². The first-order chi connectivity index (χ1) is 15.2. The van der Waals surface area contributed by atoms with Crippen molar-refractivity contribution in [2.45, 2.75) is 26.8 Å². The summed E-state index contributed by atoms with van der Waals surface area (Å²) in [6.07, 6.45) is 2.21. The summed E-state index contributed by atoms with van der Waals surface area (Å²) in [5, 5.41) is 9.34. The average molecular weight is 564 g/mol. The normalized spacial score (nSPS) is 14.8. The number of pyridine rings is 1. The number of carbonyl (C=O) groups is 2. The minimum absolute atomic E-state index is 0.217. The summed E-state index contributed by atoms with van der Waals surface area (Å²) in [5.41, 5.74) is 1.80. The van der Waals surface area contributed by atoms with Gasteiger partial charge in [-0.15, -0.1) is 11.3 Å². The maximum absolute atomic E-state index is 14.5. The van der Waals surface area contributed by atoms with Gasteiger partial charge in [-0.2, -0.15) is 0 Å². The molecule has 0 bridgehead atoms. The lowest BCUT2D eigenvalue weighted by Crippen LogP contribution is -2.31. The van der Waals surface area contributed by atoms with Crippen molar-refractivity contribution in [3.8, 4) is 0 Å². The smallest absolute Gasteiger partial charge is 0.261 e. The number of halogens is 2. The number of thiophene rings is 1. The molecule has 1 aliphatic rings. The summed E-state index contributed by atoms with van der Waals surface area (Å²) in [7, 11) is 0. The van der Waals surface area contributed by atoms with Crippen LogP contribution in [-0.4, -0.2) is 23.3 Å². The highest BCUT2D eigenvalue weighted by Gasteiger charge is 2.34. The lowest BCUT2D eigenvalue weighted by molar-refractivity contribution is 0.0944. The van der Waals surface area contributed by atoms with E-state index in [0.717, 1.165) is 9.26 Å². The number of hydrogen-bond donors (Lipinski definition) is 3. The Bertz CT molecular complexity index is 1180. The summed E-state index contributed by atoms with van der Waals surface area (Å²) < 4.78 is 15.3. The molecule has 0 saturated carbocycles. The van der Waals surface area contributed by atoms with Crippen molar-refractivity contribution in [1.82, 2.24) is 15.6 Å². The van der Waals surface area contributed by atoms with Gasteiger partial charge in [0.15, 0.2) is 0 Å². The van der Waals surface area contributed by atoms with Gasteiger partial charge in [0.05, 0.1) is 28.4 Å². The van der Waals surface area contributed by atoms with E-state index in [1.54, 1.807) is 18.3 Å². The molecule has 2 amide bonds. The molecule has 166 valence electrons. The predicted octanol–water partition coefficient (Wildman–Crippen LogP) is 4.87. The lowest BCUT2D eigenvalue weighted by atomic mass is 9.85. The highest BCUT2D eigenvalue weighted by Crippen LogP contribution is 2.40. The van der Waals surface area contributed by atoms with Gasteiger partial charge < -0.3 is 16.0 Å². The van der Waals surface area contributed by atoms with E-state index in [0.29, 0.717) is 34.0 Å². The Balaban J connectivity index is 1.74. The monoisotopic (exact) mass is 564 g/mol. The summed E-state index contributed by atoms with van der Waals surface area (Å²) in [6, 6.07) is 10.3. The zero-order valence-electron chi connectivity index (χ0n) is 17.6. The summed E-state index contributed by atoms with van der Waals surface area (Å²) in [6.45, 7) is 4.84. The molecule has 0 fully saturated rings. The van der Waals surface area contributed by atoms with E-state index >= 15 is 0 Å². The molecule has 0 atom stereocenters. The molecule has 6 nitrogen and oxygen atoms in total. The minimum atomic E-state index is -0.426. The summed E-state index contributed by atoms with van der Waals surface area (Å²) in [5.74, 6) is -0.970. The fourth-order valence-corrected chi connectivity index (χ4v) is 5.16. The van der Waals surface area contributed by atoms with Gasteiger partial charge in [0, 0.05) is 16.3 Å². The van der Waals surface area contributed by atoms with Crippen LogP contribution in [0.4, 0.5) is 15.1 Å². The molecule has 1 aromatic carbocycles. The van der Waals surface area contributed by atoms with Gasteiger partial charge >= 0.3 is 0 Å². The van der Waals surface area contributed by atoms with E-state index in [9.17, 15) is 14.0 Å². The zero-order chi connectivity index (χ0) is 22.9. The predicted molar refractivity (Wildman–Crippen MR) is 132 cm³/mol. The van der Waals surface area contributed by atoms with Crippen LogP contribution in [0.25, 0.3) is 0 Å². The highest BCUT2D eigenvalue weighted by molar-refractivity contribution is 14.1. The second kappa shape index (κ2) is 9.14. The largest absolute Gasteiger partial charge is 0.351 e. The lowest BCUT2D eigenvalue weighted by Gasteiger charge is -2.22. The zero-order valence-corrected chi connectivity index (χ0v) is 20.6. The average Bonchev–Trinajstić information content (AvgIpc) is 3.05. The fourth-order valence-electron chi connectivity index (χ4n) is 3.56. The quantitative estimate of drug-likeness (QED) is 0.387. The van der Waals surface area contributed by atoms with Crippen molar-refractivity contribution in [2.75, 3.05) is 11.9 Å². The van der Waals surface area contributed by atoms with Crippen LogP contribution in [-0.2, 0) is 13.0 Å². The van der Waals surface area contributed by atoms with Crippen molar-refractivity contribution < 1.29 is 14.0 Å². The number of amides is 2. The third kappa shape index (κ3) is 4.93. The van der Waals surface area contributed by atoms with E-state index < -0.39 is 5.82 Å². The highest BCUT2D eigenvalue weighted by atomic mass is 127. The third-order valence-corrected chi connectivity index (χ3v) is 6.98. The number of rotatable bonds is 5. The van der Waals surface area contributed by atoms with Crippen LogP contribution < -0.4 is 16.0 Å². The molecule has 3 heterocycles. The topological polar surface area (TPSA) is 83.1 Å². The molecular weight excluding hydrogens is 542 g/mol. The van der Waals surface area contributed by atoms with Gasteiger partial charge in [-0.3, -0.25) is 14.6 Å². The summed E-state index contributed by atoms with van der Waals surface area (Å²) >= 11 is 3.21. The second-order valence-electron chi connectivity index (χ2n) is 8.39. The Morgan fingerprint density at radius 3 is 2.84 bits per heavy atom. The maximum Gasteiger partial charge on any atom is 0.261 e. The van der Waals surface area contributed by atoms with Crippen molar-refractivity contribution in [2.24, 2.45) is 5.41 Å². The number of anilines is 2. The van der Waals surface area contributed by atoms with Crippen molar-refractivity contribution in [1.29, 1.82) is 0 Å². The molecular formula is C23H22FIN4O2S. The fraction of sp³-hybridized carbons (Fsp3) is 0.261. The van der Waals surface area contributed by atoms with Gasteiger partial charge in [0.2, 0.25) is 0 Å². The van der Waals surface area contributed by atoms with Crippen LogP contribution in [0.3, 0.4) is 0 Å². The Kier molecular flexibility index (Phi) is 6.47. The van der Waals surface area contributed by atoms with Crippen LogP contribution in [0, 0.1) is 14.8 Å². The van der Waals surface area contributed by atoms with Crippen LogP contribution >= 0.6 is 33.9 Å². The molecule has 9 heteroatoms. The molecule has 4 rings (SSSR count). The molecule has 0 spiro atoms. The van der Waals surface area contributed by atoms with E-state index in [4.69, 9.17) is 0 Å². The first-order valence-electron chi connectivity index (χ1n) is 10.1. The van der Waals surface area contributed by atoms with Crippen LogP contribution in [0.5, 0.6) is 0 Å². The number of nitrogens with one attached hydrogen (secondary N) is 3.